The molecule has 30 heavy (non-hydrogen) atoms. The Morgan fingerprint density at radius 2 is 1.97 bits per heavy atom. The number of fused-ring (bicyclic) bond motifs is 1. The van der Waals surface area contributed by atoms with Crippen molar-refractivity contribution in [2.45, 2.75) is 26.9 Å². The summed E-state index contributed by atoms with van der Waals surface area (Å²) < 4.78 is 13.1. The van der Waals surface area contributed by atoms with Crippen molar-refractivity contribution in [3.8, 4) is 5.75 Å². The van der Waals surface area contributed by atoms with Crippen molar-refractivity contribution in [3.05, 3.63) is 59.4 Å². The van der Waals surface area contributed by atoms with Gasteiger partial charge in [-0.05, 0) is 37.6 Å². The fourth-order valence-electron chi connectivity index (χ4n) is 3.18. The lowest BCUT2D eigenvalue weighted by Crippen LogP contribution is -2.37. The molecule has 2 aromatic carbocycles. The Balaban J connectivity index is 1.70. The van der Waals surface area contributed by atoms with Crippen molar-refractivity contribution < 1.29 is 9.47 Å². The zero-order chi connectivity index (χ0) is 21.3. The average Bonchev–Trinajstić information content (AvgIpc) is 3.07. The lowest BCUT2D eigenvalue weighted by Gasteiger charge is -2.13. The molecular formula is C23H31N5O2. The molecule has 0 aliphatic carbocycles. The fourth-order valence-corrected chi connectivity index (χ4v) is 3.18. The van der Waals surface area contributed by atoms with Crippen LogP contribution in [0.5, 0.6) is 5.75 Å². The number of aromatic nitrogens is 2. The van der Waals surface area contributed by atoms with Crippen LogP contribution in [0.4, 0.5) is 0 Å². The van der Waals surface area contributed by atoms with Gasteiger partial charge in [0.05, 0.1) is 30.7 Å². The molecule has 0 saturated heterocycles. The van der Waals surface area contributed by atoms with Crippen LogP contribution < -0.4 is 15.4 Å². The molecule has 0 fully saturated rings. The Hall–Kier alpha value is -3.06. The summed E-state index contributed by atoms with van der Waals surface area (Å²) in [6, 6.07) is 14.3. The molecule has 0 unspecified atom stereocenters. The highest BCUT2D eigenvalue weighted by Crippen LogP contribution is 2.21. The third-order valence-electron chi connectivity index (χ3n) is 4.81. The summed E-state index contributed by atoms with van der Waals surface area (Å²) in [5, 5.41) is 6.69. The first-order valence-corrected chi connectivity index (χ1v) is 10.3. The van der Waals surface area contributed by atoms with E-state index < -0.39 is 0 Å². The van der Waals surface area contributed by atoms with Gasteiger partial charge in [0, 0.05) is 26.3 Å². The molecule has 7 nitrogen and oxygen atoms in total. The van der Waals surface area contributed by atoms with Gasteiger partial charge in [0.2, 0.25) is 0 Å². The summed E-state index contributed by atoms with van der Waals surface area (Å²) >= 11 is 0. The first-order chi connectivity index (χ1) is 14.6. The molecule has 160 valence electrons. The van der Waals surface area contributed by atoms with Crippen molar-refractivity contribution in [2.24, 2.45) is 12.0 Å². The Bertz CT molecular complexity index is 996. The number of methoxy groups -OCH3 is 1. The first kappa shape index (κ1) is 21.6. The quantitative estimate of drug-likeness (QED) is 0.323. The van der Waals surface area contributed by atoms with Crippen molar-refractivity contribution in [1.82, 2.24) is 20.2 Å². The fraction of sp³-hybridized carbons (Fsp3) is 0.391. The Labute approximate surface area is 178 Å². The Morgan fingerprint density at radius 3 is 2.73 bits per heavy atom. The predicted molar refractivity (Wildman–Crippen MR) is 121 cm³/mol. The minimum atomic E-state index is 0.514. The van der Waals surface area contributed by atoms with Gasteiger partial charge in [0.1, 0.15) is 18.2 Å². The Morgan fingerprint density at radius 1 is 1.13 bits per heavy atom. The second-order valence-corrected chi connectivity index (χ2v) is 7.08. The molecule has 3 aromatic rings. The molecule has 0 saturated carbocycles. The predicted octanol–water partition coefficient (Wildman–Crippen LogP) is 3.16. The maximum absolute atomic E-state index is 5.88. The molecule has 0 aliphatic heterocycles. The van der Waals surface area contributed by atoms with E-state index in [4.69, 9.17) is 19.5 Å². The van der Waals surface area contributed by atoms with Gasteiger partial charge in [-0.2, -0.15) is 0 Å². The van der Waals surface area contributed by atoms with Gasteiger partial charge >= 0.3 is 0 Å². The van der Waals surface area contributed by atoms with Gasteiger partial charge in [-0.1, -0.05) is 24.3 Å². The summed E-state index contributed by atoms with van der Waals surface area (Å²) in [5.74, 6) is 2.55. The third-order valence-corrected chi connectivity index (χ3v) is 4.81. The van der Waals surface area contributed by atoms with Crippen molar-refractivity contribution in [3.63, 3.8) is 0 Å². The van der Waals surface area contributed by atoms with Crippen LogP contribution in [0, 0.1) is 6.92 Å². The lowest BCUT2D eigenvalue weighted by atomic mass is 10.1. The van der Waals surface area contributed by atoms with Crippen LogP contribution in [0.2, 0.25) is 0 Å². The van der Waals surface area contributed by atoms with Crippen LogP contribution in [-0.2, 0) is 24.9 Å². The monoisotopic (exact) mass is 409 g/mol. The van der Waals surface area contributed by atoms with Gasteiger partial charge in [-0.3, -0.25) is 0 Å². The topological polar surface area (TPSA) is 72.7 Å². The minimum Gasteiger partial charge on any atom is -0.491 e. The van der Waals surface area contributed by atoms with Crippen molar-refractivity contribution >= 4 is 17.0 Å². The molecule has 0 radical (unpaired) electrons. The largest absolute Gasteiger partial charge is 0.491 e. The molecule has 1 aromatic heterocycles. The molecule has 0 amide bonds. The molecule has 0 spiro atoms. The number of nitrogens with zero attached hydrogens (tertiary/aromatic N) is 3. The lowest BCUT2D eigenvalue weighted by molar-refractivity contribution is 0.145. The number of guanidine groups is 1. The highest BCUT2D eigenvalue weighted by Gasteiger charge is 2.09. The molecule has 3 rings (SSSR count). The molecule has 0 aliphatic rings. The van der Waals surface area contributed by atoms with E-state index in [2.05, 4.69) is 47.2 Å². The molecule has 0 atom stereocenters. The molecular weight excluding hydrogens is 378 g/mol. The summed E-state index contributed by atoms with van der Waals surface area (Å²) in [6.45, 7) is 7.05. The number of aliphatic imine (C=N–C) groups is 1. The summed E-state index contributed by atoms with van der Waals surface area (Å²) in [6.07, 6.45) is 0. The highest BCUT2D eigenvalue weighted by atomic mass is 16.5. The Kier molecular flexibility index (Phi) is 7.68. The number of hydrogen-bond donors (Lipinski definition) is 2. The van der Waals surface area contributed by atoms with Crippen LogP contribution in [-0.4, -0.2) is 42.4 Å². The average molecular weight is 410 g/mol. The van der Waals surface area contributed by atoms with E-state index in [9.17, 15) is 0 Å². The number of rotatable bonds is 9. The number of benzene rings is 2. The zero-order valence-corrected chi connectivity index (χ0v) is 18.2. The number of imidazole rings is 1. The second-order valence-electron chi connectivity index (χ2n) is 7.08. The third kappa shape index (κ3) is 5.51. The summed E-state index contributed by atoms with van der Waals surface area (Å²) in [5.41, 5.74) is 4.31. The first-order valence-electron chi connectivity index (χ1n) is 10.3. The van der Waals surface area contributed by atoms with Gasteiger partial charge in [-0.25, -0.2) is 9.98 Å². The highest BCUT2D eigenvalue weighted by molar-refractivity contribution is 5.80. The number of aryl methyl sites for hydroxylation is 2. The van der Waals surface area contributed by atoms with Gasteiger partial charge in [0.25, 0.3) is 0 Å². The maximum atomic E-state index is 5.88. The summed E-state index contributed by atoms with van der Waals surface area (Å²) in [4.78, 5) is 9.46. The van der Waals surface area contributed by atoms with E-state index in [0.717, 1.165) is 46.2 Å². The van der Waals surface area contributed by atoms with E-state index in [1.165, 1.54) is 0 Å². The van der Waals surface area contributed by atoms with E-state index in [1.807, 2.05) is 31.3 Å². The standard InChI is InChI=1S/C23H31N5O2/c1-5-24-23(26-16-22-27-19-8-6-7-9-20(19)28(22)3)25-15-18-11-10-17(2)14-21(18)30-13-12-29-4/h6-11,14H,5,12-13,15-16H2,1-4H3,(H2,24,25,26). The normalized spacial score (nSPS) is 11.7. The van der Waals surface area contributed by atoms with Gasteiger partial charge in [-0.15, -0.1) is 0 Å². The smallest absolute Gasteiger partial charge is 0.191 e. The van der Waals surface area contributed by atoms with Crippen LogP contribution in [0.1, 0.15) is 23.9 Å². The van der Waals surface area contributed by atoms with Gasteiger partial charge in [0.15, 0.2) is 5.96 Å². The van der Waals surface area contributed by atoms with E-state index in [-0.39, 0.29) is 0 Å². The molecule has 0 bridgehead atoms. The molecule has 7 heteroatoms. The van der Waals surface area contributed by atoms with Crippen molar-refractivity contribution in [1.29, 1.82) is 0 Å². The summed E-state index contributed by atoms with van der Waals surface area (Å²) in [7, 11) is 3.70. The second kappa shape index (κ2) is 10.6. The van der Waals surface area contributed by atoms with Crippen LogP contribution in [0.25, 0.3) is 11.0 Å². The van der Waals surface area contributed by atoms with Crippen LogP contribution >= 0.6 is 0 Å². The SMILES string of the molecule is CCNC(=NCc1ccc(C)cc1OCCOC)NCc1nc2ccccc2n1C. The van der Waals surface area contributed by atoms with Crippen molar-refractivity contribution in [2.75, 3.05) is 26.9 Å². The number of ether oxygens (including phenoxy) is 2. The van der Waals surface area contributed by atoms with Crippen LogP contribution in [0.3, 0.4) is 0 Å². The number of nitrogens with one attached hydrogen (secondary N) is 2. The van der Waals surface area contributed by atoms with Crippen LogP contribution in [0.15, 0.2) is 47.5 Å². The van der Waals surface area contributed by atoms with E-state index in [0.29, 0.717) is 26.3 Å². The van der Waals surface area contributed by atoms with E-state index in [1.54, 1.807) is 7.11 Å². The maximum Gasteiger partial charge on any atom is 0.191 e. The number of hydrogen-bond acceptors (Lipinski definition) is 4. The zero-order valence-electron chi connectivity index (χ0n) is 18.2. The van der Waals surface area contributed by atoms with E-state index >= 15 is 0 Å². The minimum absolute atomic E-state index is 0.514. The van der Waals surface area contributed by atoms with Gasteiger partial charge < -0.3 is 24.7 Å². The molecule has 2 N–H and O–H groups in total. The number of para-hydroxylation sites is 2. The molecule has 1 heterocycles.